The predicted octanol–water partition coefficient (Wildman–Crippen LogP) is 2.12. The van der Waals surface area contributed by atoms with Gasteiger partial charge in [-0.2, -0.15) is 0 Å². The number of nitrogens with one attached hydrogen (secondary N) is 1. The van der Waals surface area contributed by atoms with E-state index in [0.29, 0.717) is 12.0 Å². The van der Waals surface area contributed by atoms with Crippen LogP contribution >= 0.6 is 0 Å². The Morgan fingerprint density at radius 2 is 1.90 bits per heavy atom. The summed E-state index contributed by atoms with van der Waals surface area (Å²) in [6, 6.07) is 5.27. The van der Waals surface area contributed by atoms with Crippen molar-refractivity contribution in [3.8, 4) is 0 Å². The molecule has 6 heteroatoms. The highest BCUT2D eigenvalue weighted by atomic mass is 16.6. The molecule has 2 N–H and O–H groups in total. The third kappa shape index (κ3) is 4.31. The van der Waals surface area contributed by atoms with Crippen molar-refractivity contribution < 1.29 is 14.8 Å². The number of nitro benzene ring substituents is 1. The lowest BCUT2D eigenvalue weighted by atomic mass is 9.85. The smallest absolute Gasteiger partial charge is 0.269 e. The molecule has 1 unspecified atom stereocenters. The van der Waals surface area contributed by atoms with Crippen LogP contribution in [0.1, 0.15) is 37.6 Å². The van der Waals surface area contributed by atoms with Crippen LogP contribution in [0.2, 0.25) is 0 Å². The van der Waals surface area contributed by atoms with Crippen LogP contribution in [-0.4, -0.2) is 28.6 Å². The Bertz CT molecular complexity index is 477. The molecule has 20 heavy (non-hydrogen) atoms. The number of nitrogens with zero attached hydrogens (tertiary/aromatic N) is 1. The van der Waals surface area contributed by atoms with E-state index in [-0.39, 0.29) is 29.7 Å². The summed E-state index contributed by atoms with van der Waals surface area (Å²) in [5.74, 6) is -0.298. The van der Waals surface area contributed by atoms with Gasteiger partial charge in [0.05, 0.1) is 4.92 Å². The van der Waals surface area contributed by atoms with E-state index in [4.69, 9.17) is 5.11 Å². The van der Waals surface area contributed by atoms with E-state index in [2.05, 4.69) is 5.32 Å². The minimum absolute atomic E-state index is 0.0114. The maximum absolute atomic E-state index is 12.1. The molecule has 0 saturated carbocycles. The Balaban J connectivity index is 2.81. The molecule has 110 valence electrons. The first kappa shape index (κ1) is 16.1. The molecule has 0 fully saturated rings. The van der Waals surface area contributed by atoms with Crippen molar-refractivity contribution in [1.29, 1.82) is 0 Å². The van der Waals surface area contributed by atoms with Crippen molar-refractivity contribution in [1.82, 2.24) is 5.32 Å². The summed E-state index contributed by atoms with van der Waals surface area (Å²) >= 11 is 0. The van der Waals surface area contributed by atoms with E-state index in [1.807, 2.05) is 20.8 Å². The number of nitro groups is 1. The quantitative estimate of drug-likeness (QED) is 0.638. The highest BCUT2D eigenvalue weighted by Crippen LogP contribution is 2.22. The average Bonchev–Trinajstić information content (AvgIpc) is 2.37. The van der Waals surface area contributed by atoms with Gasteiger partial charge in [0.15, 0.2) is 0 Å². The molecular weight excluding hydrogens is 260 g/mol. The van der Waals surface area contributed by atoms with Gasteiger partial charge in [-0.3, -0.25) is 14.9 Å². The van der Waals surface area contributed by atoms with Crippen molar-refractivity contribution in [3.05, 3.63) is 39.9 Å². The third-order valence-corrected chi connectivity index (χ3v) is 3.11. The second-order valence-electron chi connectivity index (χ2n) is 5.71. The number of aliphatic hydroxyl groups excluding tert-OH is 1. The van der Waals surface area contributed by atoms with Crippen molar-refractivity contribution in [2.24, 2.45) is 5.41 Å². The first-order chi connectivity index (χ1) is 9.25. The highest BCUT2D eigenvalue weighted by molar-refractivity contribution is 5.94. The van der Waals surface area contributed by atoms with Gasteiger partial charge >= 0.3 is 0 Å². The molecule has 0 aliphatic rings. The number of rotatable bonds is 5. The Morgan fingerprint density at radius 3 is 2.30 bits per heavy atom. The van der Waals surface area contributed by atoms with E-state index in [0.717, 1.165) is 0 Å². The fourth-order valence-corrected chi connectivity index (χ4v) is 1.83. The van der Waals surface area contributed by atoms with Crippen LogP contribution in [0.4, 0.5) is 5.69 Å². The number of amides is 1. The number of hydrogen-bond donors (Lipinski definition) is 2. The standard InChI is InChI=1S/C14H20N2O4/c1-14(2,3)12(8-9-17)15-13(18)10-4-6-11(7-5-10)16(19)20/h4-7,12,17H,8-9H2,1-3H3,(H,15,18). The lowest BCUT2D eigenvalue weighted by Crippen LogP contribution is -2.44. The summed E-state index contributed by atoms with van der Waals surface area (Å²) in [5, 5.41) is 22.5. The molecule has 0 spiro atoms. The molecular formula is C14H20N2O4. The first-order valence-corrected chi connectivity index (χ1v) is 6.42. The minimum atomic E-state index is -0.509. The zero-order valence-corrected chi connectivity index (χ0v) is 11.9. The summed E-state index contributed by atoms with van der Waals surface area (Å²) < 4.78 is 0. The summed E-state index contributed by atoms with van der Waals surface area (Å²) in [4.78, 5) is 22.1. The Kier molecular flexibility index (Phi) is 5.21. The molecule has 1 aromatic rings. The molecule has 0 aromatic heterocycles. The summed E-state index contributed by atoms with van der Waals surface area (Å²) in [6.07, 6.45) is 0.461. The van der Waals surface area contributed by atoms with Crippen molar-refractivity contribution in [2.45, 2.75) is 33.2 Å². The third-order valence-electron chi connectivity index (χ3n) is 3.11. The average molecular weight is 280 g/mol. The van der Waals surface area contributed by atoms with E-state index in [1.54, 1.807) is 0 Å². The van der Waals surface area contributed by atoms with Gasteiger partial charge < -0.3 is 10.4 Å². The van der Waals surface area contributed by atoms with Crippen molar-refractivity contribution >= 4 is 11.6 Å². The van der Waals surface area contributed by atoms with Crippen LogP contribution in [0.5, 0.6) is 0 Å². The van der Waals surface area contributed by atoms with Crippen LogP contribution in [0, 0.1) is 15.5 Å². The summed E-state index contributed by atoms with van der Waals surface area (Å²) in [6.45, 7) is 5.92. The van der Waals surface area contributed by atoms with Gasteiger partial charge in [-0.05, 0) is 24.0 Å². The Hall–Kier alpha value is -1.95. The molecule has 1 amide bonds. The molecule has 6 nitrogen and oxygen atoms in total. The summed E-state index contributed by atoms with van der Waals surface area (Å²) in [5.41, 5.74) is 0.131. The fraction of sp³-hybridized carbons (Fsp3) is 0.500. The minimum Gasteiger partial charge on any atom is -0.396 e. The molecule has 1 rings (SSSR count). The van der Waals surface area contributed by atoms with Crippen LogP contribution in [-0.2, 0) is 0 Å². The van der Waals surface area contributed by atoms with Crippen LogP contribution in [0.3, 0.4) is 0 Å². The van der Waals surface area contributed by atoms with Crippen LogP contribution in [0.15, 0.2) is 24.3 Å². The molecule has 0 aliphatic carbocycles. The topological polar surface area (TPSA) is 92.5 Å². The number of non-ortho nitro benzene ring substituents is 1. The van der Waals surface area contributed by atoms with E-state index in [9.17, 15) is 14.9 Å². The van der Waals surface area contributed by atoms with Crippen LogP contribution in [0.25, 0.3) is 0 Å². The number of carbonyl (C=O) groups excluding carboxylic acids is 1. The van der Waals surface area contributed by atoms with E-state index < -0.39 is 4.92 Å². The van der Waals surface area contributed by atoms with Gasteiger partial charge in [-0.15, -0.1) is 0 Å². The lowest BCUT2D eigenvalue weighted by molar-refractivity contribution is -0.384. The zero-order chi connectivity index (χ0) is 15.3. The fourth-order valence-electron chi connectivity index (χ4n) is 1.83. The Labute approximate surface area is 118 Å². The number of carbonyl (C=O) groups is 1. The second kappa shape index (κ2) is 6.47. The van der Waals surface area contributed by atoms with Crippen molar-refractivity contribution in [2.75, 3.05) is 6.61 Å². The number of hydrogen-bond acceptors (Lipinski definition) is 4. The molecule has 1 aromatic carbocycles. The highest BCUT2D eigenvalue weighted by Gasteiger charge is 2.26. The molecule has 0 bridgehead atoms. The van der Waals surface area contributed by atoms with E-state index >= 15 is 0 Å². The molecule has 0 aliphatic heterocycles. The van der Waals surface area contributed by atoms with Crippen LogP contribution < -0.4 is 5.32 Å². The van der Waals surface area contributed by atoms with Crippen molar-refractivity contribution in [3.63, 3.8) is 0 Å². The molecule has 1 atom stereocenters. The molecule has 0 heterocycles. The van der Waals surface area contributed by atoms with Gasteiger partial charge in [-0.1, -0.05) is 20.8 Å². The monoisotopic (exact) mass is 280 g/mol. The SMILES string of the molecule is CC(C)(C)C(CCO)NC(=O)c1ccc([N+](=O)[O-])cc1. The summed E-state index contributed by atoms with van der Waals surface area (Å²) in [7, 11) is 0. The Morgan fingerprint density at radius 1 is 1.35 bits per heavy atom. The van der Waals surface area contributed by atoms with Gasteiger partial charge in [-0.25, -0.2) is 0 Å². The largest absolute Gasteiger partial charge is 0.396 e. The maximum Gasteiger partial charge on any atom is 0.269 e. The molecule has 0 saturated heterocycles. The molecule has 0 radical (unpaired) electrons. The second-order valence-corrected chi connectivity index (χ2v) is 5.71. The normalized spacial score (nSPS) is 12.8. The zero-order valence-electron chi connectivity index (χ0n) is 11.9. The predicted molar refractivity (Wildman–Crippen MR) is 75.5 cm³/mol. The first-order valence-electron chi connectivity index (χ1n) is 6.42. The van der Waals surface area contributed by atoms with E-state index in [1.165, 1.54) is 24.3 Å². The van der Waals surface area contributed by atoms with Gasteiger partial charge in [0, 0.05) is 30.3 Å². The van der Waals surface area contributed by atoms with Gasteiger partial charge in [0.2, 0.25) is 0 Å². The number of aliphatic hydroxyl groups is 1. The maximum atomic E-state index is 12.1. The number of benzene rings is 1. The lowest BCUT2D eigenvalue weighted by Gasteiger charge is -2.31. The van der Waals surface area contributed by atoms with Gasteiger partial charge in [0.25, 0.3) is 11.6 Å². The van der Waals surface area contributed by atoms with Gasteiger partial charge in [0.1, 0.15) is 0 Å².